The number of nitrogens with zero attached hydrogens (tertiary/aromatic N) is 2. The molecule has 1 saturated carbocycles. The molecule has 1 aliphatic rings. The number of rotatable bonds is 1. The van der Waals surface area contributed by atoms with Crippen molar-refractivity contribution in [2.24, 2.45) is 0 Å². The zero-order valence-corrected chi connectivity index (χ0v) is 8.09. The van der Waals surface area contributed by atoms with Crippen LogP contribution in [0.3, 0.4) is 0 Å². The second-order valence-corrected chi connectivity index (χ2v) is 3.84. The van der Waals surface area contributed by atoms with E-state index in [9.17, 15) is 13.2 Å². The summed E-state index contributed by atoms with van der Waals surface area (Å²) in [7, 11) is 0. The third kappa shape index (κ3) is 1.93. The first-order valence-corrected chi connectivity index (χ1v) is 4.90. The Kier molecular flexibility index (Phi) is 2.36. The van der Waals surface area contributed by atoms with Crippen LogP contribution in [0, 0.1) is 0 Å². The van der Waals surface area contributed by atoms with Crippen molar-refractivity contribution >= 4 is 5.82 Å². The van der Waals surface area contributed by atoms with Crippen LogP contribution in [0.2, 0.25) is 0 Å². The van der Waals surface area contributed by atoms with Crippen LogP contribution in [0.4, 0.5) is 19.0 Å². The summed E-state index contributed by atoms with van der Waals surface area (Å²) in [6, 6.07) is 0.944. The highest BCUT2D eigenvalue weighted by molar-refractivity contribution is 5.32. The van der Waals surface area contributed by atoms with Crippen molar-refractivity contribution in [1.82, 2.24) is 9.78 Å². The fourth-order valence-electron chi connectivity index (χ4n) is 1.99. The average Bonchev–Trinajstić information content (AvgIpc) is 2.69. The summed E-state index contributed by atoms with van der Waals surface area (Å²) in [5.41, 5.74) is 4.62. The highest BCUT2D eigenvalue weighted by Gasteiger charge is 2.35. The summed E-state index contributed by atoms with van der Waals surface area (Å²) < 4.78 is 38.3. The van der Waals surface area contributed by atoms with Crippen LogP contribution >= 0.6 is 0 Å². The molecule has 0 atom stereocenters. The van der Waals surface area contributed by atoms with Crippen LogP contribution in [-0.2, 0) is 6.18 Å². The van der Waals surface area contributed by atoms with E-state index < -0.39 is 11.9 Å². The summed E-state index contributed by atoms with van der Waals surface area (Å²) >= 11 is 0. The highest BCUT2D eigenvalue weighted by Crippen LogP contribution is 2.34. The van der Waals surface area contributed by atoms with Gasteiger partial charge in [-0.25, -0.2) is 4.68 Å². The van der Waals surface area contributed by atoms with Gasteiger partial charge in [-0.15, -0.1) is 0 Å². The molecule has 0 unspecified atom stereocenters. The summed E-state index contributed by atoms with van der Waals surface area (Å²) in [6.45, 7) is 0. The highest BCUT2D eigenvalue weighted by atomic mass is 19.4. The number of alkyl halides is 3. The lowest BCUT2D eigenvalue weighted by atomic mass is 10.2. The Hall–Kier alpha value is -1.20. The first-order chi connectivity index (χ1) is 6.98. The number of nitrogens with two attached hydrogens (primary N) is 1. The SMILES string of the molecule is Nc1cc(C(F)(F)F)nn1C1CCCC1. The molecule has 0 radical (unpaired) electrons. The molecule has 1 aromatic rings. The molecule has 0 aromatic carbocycles. The summed E-state index contributed by atoms with van der Waals surface area (Å²) in [5.74, 6) is 0.106. The first kappa shape index (κ1) is 10.3. The van der Waals surface area contributed by atoms with Crippen LogP contribution in [0.25, 0.3) is 0 Å². The minimum absolute atomic E-state index is 0.0427. The molecule has 84 valence electrons. The maximum Gasteiger partial charge on any atom is 0.435 e. The average molecular weight is 219 g/mol. The van der Waals surface area contributed by atoms with Crippen LogP contribution in [0.15, 0.2) is 6.07 Å². The Morgan fingerprint density at radius 2 is 1.93 bits per heavy atom. The lowest BCUT2D eigenvalue weighted by Crippen LogP contribution is -2.12. The maximum atomic E-state index is 12.3. The zero-order valence-electron chi connectivity index (χ0n) is 8.09. The Morgan fingerprint density at radius 3 is 2.40 bits per heavy atom. The van der Waals surface area contributed by atoms with Gasteiger partial charge in [-0.3, -0.25) is 0 Å². The van der Waals surface area contributed by atoms with E-state index in [2.05, 4.69) is 5.10 Å². The molecular formula is C9H12F3N3. The van der Waals surface area contributed by atoms with E-state index in [0.717, 1.165) is 31.7 Å². The summed E-state index contributed by atoms with van der Waals surface area (Å²) in [6.07, 6.45) is -0.610. The van der Waals surface area contributed by atoms with Crippen LogP contribution in [-0.4, -0.2) is 9.78 Å². The monoisotopic (exact) mass is 219 g/mol. The van der Waals surface area contributed by atoms with E-state index in [-0.39, 0.29) is 11.9 Å². The van der Waals surface area contributed by atoms with Gasteiger partial charge in [-0.1, -0.05) is 12.8 Å². The van der Waals surface area contributed by atoms with E-state index in [1.165, 1.54) is 4.68 Å². The van der Waals surface area contributed by atoms with Crippen molar-refractivity contribution in [1.29, 1.82) is 0 Å². The van der Waals surface area contributed by atoms with Gasteiger partial charge in [0.25, 0.3) is 0 Å². The number of halogens is 3. The van der Waals surface area contributed by atoms with Gasteiger partial charge in [0, 0.05) is 6.07 Å². The molecule has 1 aliphatic carbocycles. The Balaban J connectivity index is 2.29. The van der Waals surface area contributed by atoms with E-state index in [1.807, 2.05) is 0 Å². The second kappa shape index (κ2) is 3.43. The van der Waals surface area contributed by atoms with Gasteiger partial charge in [0.05, 0.1) is 6.04 Å². The summed E-state index contributed by atoms with van der Waals surface area (Å²) in [4.78, 5) is 0. The van der Waals surface area contributed by atoms with Crippen molar-refractivity contribution in [2.45, 2.75) is 37.9 Å². The molecule has 0 saturated heterocycles. The molecule has 3 nitrogen and oxygen atoms in total. The van der Waals surface area contributed by atoms with Crippen molar-refractivity contribution in [3.63, 3.8) is 0 Å². The minimum Gasteiger partial charge on any atom is -0.384 e. The number of nitrogen functional groups attached to an aromatic ring is 1. The van der Waals surface area contributed by atoms with Crippen LogP contribution in [0.1, 0.15) is 37.4 Å². The number of aromatic nitrogens is 2. The quantitative estimate of drug-likeness (QED) is 0.788. The van der Waals surface area contributed by atoms with Gasteiger partial charge in [0.15, 0.2) is 5.69 Å². The molecule has 6 heteroatoms. The Bertz CT molecular complexity index is 350. The van der Waals surface area contributed by atoms with E-state index in [1.54, 1.807) is 0 Å². The Labute approximate surface area is 85.1 Å². The predicted molar refractivity (Wildman–Crippen MR) is 49.1 cm³/mol. The standard InChI is InChI=1S/C9H12F3N3/c10-9(11,12)7-5-8(13)15(14-7)6-3-1-2-4-6/h5-6H,1-4,13H2. The van der Waals surface area contributed by atoms with Gasteiger partial charge in [-0.2, -0.15) is 18.3 Å². The molecule has 1 aromatic heterocycles. The van der Waals surface area contributed by atoms with E-state index in [4.69, 9.17) is 5.73 Å². The zero-order chi connectivity index (χ0) is 11.1. The van der Waals surface area contributed by atoms with Crippen LogP contribution < -0.4 is 5.73 Å². The van der Waals surface area contributed by atoms with E-state index in [0.29, 0.717) is 0 Å². The number of hydrogen-bond donors (Lipinski definition) is 1. The van der Waals surface area contributed by atoms with Crippen molar-refractivity contribution < 1.29 is 13.2 Å². The largest absolute Gasteiger partial charge is 0.435 e. The predicted octanol–water partition coefficient (Wildman–Crippen LogP) is 2.60. The van der Waals surface area contributed by atoms with Gasteiger partial charge in [-0.05, 0) is 12.8 Å². The Morgan fingerprint density at radius 1 is 1.33 bits per heavy atom. The molecule has 0 aliphatic heterocycles. The molecule has 1 heterocycles. The smallest absolute Gasteiger partial charge is 0.384 e. The lowest BCUT2D eigenvalue weighted by Gasteiger charge is -2.11. The minimum atomic E-state index is -4.40. The molecule has 0 bridgehead atoms. The van der Waals surface area contributed by atoms with Gasteiger partial charge in [0.1, 0.15) is 5.82 Å². The van der Waals surface area contributed by atoms with Crippen molar-refractivity contribution in [3.05, 3.63) is 11.8 Å². The molecule has 15 heavy (non-hydrogen) atoms. The molecule has 0 spiro atoms. The molecule has 1 fully saturated rings. The fourth-order valence-corrected chi connectivity index (χ4v) is 1.99. The van der Waals surface area contributed by atoms with Crippen molar-refractivity contribution in [3.8, 4) is 0 Å². The van der Waals surface area contributed by atoms with Gasteiger partial charge < -0.3 is 5.73 Å². The molecule has 2 N–H and O–H groups in total. The maximum absolute atomic E-state index is 12.3. The summed E-state index contributed by atoms with van der Waals surface area (Å²) in [5, 5.41) is 3.53. The number of hydrogen-bond acceptors (Lipinski definition) is 2. The van der Waals surface area contributed by atoms with E-state index >= 15 is 0 Å². The molecular weight excluding hydrogens is 207 g/mol. The number of anilines is 1. The topological polar surface area (TPSA) is 43.8 Å². The van der Waals surface area contributed by atoms with Gasteiger partial charge >= 0.3 is 6.18 Å². The van der Waals surface area contributed by atoms with Crippen LogP contribution in [0.5, 0.6) is 0 Å². The second-order valence-electron chi connectivity index (χ2n) is 3.84. The fraction of sp³-hybridized carbons (Fsp3) is 0.667. The van der Waals surface area contributed by atoms with Crippen molar-refractivity contribution in [2.75, 3.05) is 5.73 Å². The third-order valence-corrected chi connectivity index (χ3v) is 2.73. The molecule has 0 amide bonds. The van der Waals surface area contributed by atoms with Gasteiger partial charge in [0.2, 0.25) is 0 Å². The first-order valence-electron chi connectivity index (χ1n) is 4.90. The normalized spacial score (nSPS) is 18.6. The third-order valence-electron chi connectivity index (χ3n) is 2.73. The lowest BCUT2D eigenvalue weighted by molar-refractivity contribution is -0.141. The molecule has 2 rings (SSSR count).